The van der Waals surface area contributed by atoms with Gasteiger partial charge in [0.15, 0.2) is 0 Å². The van der Waals surface area contributed by atoms with Crippen molar-refractivity contribution in [1.29, 1.82) is 5.26 Å². The maximum Gasteiger partial charge on any atom is 0.256 e. The standard InChI is InChI=1S/C14H19N3O/c1-10(2)17(9-5-8-15)14(18)13-11(3)6-4-7-12(13)16/h4,6-7,10H,5,9,16H2,1-3H3. The maximum atomic E-state index is 12.5. The molecular formula is C14H19N3O. The summed E-state index contributed by atoms with van der Waals surface area (Å²) in [4.78, 5) is 14.2. The highest BCUT2D eigenvalue weighted by Crippen LogP contribution is 2.19. The summed E-state index contributed by atoms with van der Waals surface area (Å²) in [5.74, 6) is -0.101. The van der Waals surface area contributed by atoms with Gasteiger partial charge in [-0.3, -0.25) is 4.79 Å². The first-order chi connectivity index (χ1) is 8.49. The number of nitrogens with two attached hydrogens (primary N) is 1. The van der Waals surface area contributed by atoms with E-state index in [4.69, 9.17) is 11.0 Å². The number of nitrogens with zero attached hydrogens (tertiary/aromatic N) is 2. The summed E-state index contributed by atoms with van der Waals surface area (Å²) < 4.78 is 0. The first kappa shape index (κ1) is 14.0. The third-order valence-electron chi connectivity index (χ3n) is 2.87. The van der Waals surface area contributed by atoms with Crippen LogP contribution in [0.3, 0.4) is 0 Å². The van der Waals surface area contributed by atoms with Crippen LogP contribution in [0.5, 0.6) is 0 Å². The molecule has 1 aromatic carbocycles. The molecule has 4 heteroatoms. The molecule has 0 heterocycles. The fourth-order valence-electron chi connectivity index (χ4n) is 1.89. The van der Waals surface area contributed by atoms with E-state index in [2.05, 4.69) is 6.07 Å². The summed E-state index contributed by atoms with van der Waals surface area (Å²) in [7, 11) is 0. The minimum Gasteiger partial charge on any atom is -0.398 e. The van der Waals surface area contributed by atoms with E-state index in [1.807, 2.05) is 32.9 Å². The van der Waals surface area contributed by atoms with Crippen molar-refractivity contribution >= 4 is 11.6 Å². The number of anilines is 1. The molecule has 0 saturated carbocycles. The van der Waals surface area contributed by atoms with Crippen molar-refractivity contribution < 1.29 is 4.79 Å². The number of benzene rings is 1. The number of carbonyl (C=O) groups excluding carboxylic acids is 1. The van der Waals surface area contributed by atoms with E-state index >= 15 is 0 Å². The molecule has 1 rings (SSSR count). The Labute approximate surface area is 108 Å². The van der Waals surface area contributed by atoms with Crippen LogP contribution in [-0.2, 0) is 0 Å². The molecule has 18 heavy (non-hydrogen) atoms. The highest BCUT2D eigenvalue weighted by atomic mass is 16.2. The van der Waals surface area contributed by atoms with E-state index < -0.39 is 0 Å². The second-order valence-corrected chi connectivity index (χ2v) is 4.54. The zero-order chi connectivity index (χ0) is 13.7. The molecule has 2 N–H and O–H groups in total. The lowest BCUT2D eigenvalue weighted by Gasteiger charge is -2.27. The van der Waals surface area contributed by atoms with E-state index in [0.29, 0.717) is 24.2 Å². The number of nitrogen functional groups attached to an aromatic ring is 1. The molecule has 0 spiro atoms. The summed E-state index contributed by atoms with van der Waals surface area (Å²) in [6.45, 7) is 6.17. The van der Waals surface area contributed by atoms with Gasteiger partial charge in [0.05, 0.1) is 18.1 Å². The molecule has 1 aromatic rings. The van der Waals surface area contributed by atoms with Crippen LogP contribution in [0.15, 0.2) is 18.2 Å². The second kappa shape index (κ2) is 6.06. The summed E-state index contributed by atoms with van der Waals surface area (Å²) in [5, 5.41) is 8.65. The van der Waals surface area contributed by atoms with Gasteiger partial charge >= 0.3 is 0 Å². The average molecular weight is 245 g/mol. The SMILES string of the molecule is Cc1cccc(N)c1C(=O)N(CCC#N)C(C)C. The van der Waals surface area contributed by atoms with Gasteiger partial charge in [-0.25, -0.2) is 0 Å². The van der Waals surface area contributed by atoms with Crippen LogP contribution in [0.2, 0.25) is 0 Å². The van der Waals surface area contributed by atoms with Gasteiger partial charge in [-0.05, 0) is 32.4 Å². The van der Waals surface area contributed by atoms with E-state index in [9.17, 15) is 4.79 Å². The number of aryl methyl sites for hydroxylation is 1. The first-order valence-electron chi connectivity index (χ1n) is 6.02. The van der Waals surface area contributed by atoms with Crippen molar-refractivity contribution in [3.63, 3.8) is 0 Å². The Kier molecular flexibility index (Phi) is 4.73. The molecule has 0 aliphatic heterocycles. The predicted octanol–water partition coefficient (Wildman–Crippen LogP) is 2.34. The van der Waals surface area contributed by atoms with E-state index in [1.54, 1.807) is 11.0 Å². The Morgan fingerprint density at radius 2 is 2.17 bits per heavy atom. The molecule has 0 fully saturated rings. The van der Waals surface area contributed by atoms with Crippen LogP contribution in [-0.4, -0.2) is 23.4 Å². The normalized spacial score (nSPS) is 10.2. The van der Waals surface area contributed by atoms with Gasteiger partial charge in [0.25, 0.3) is 5.91 Å². The molecule has 96 valence electrons. The van der Waals surface area contributed by atoms with Crippen molar-refractivity contribution in [2.24, 2.45) is 0 Å². The van der Waals surface area contributed by atoms with Crippen LogP contribution in [0.25, 0.3) is 0 Å². The molecule has 0 unspecified atom stereocenters. The summed E-state index contributed by atoms with van der Waals surface area (Å²) >= 11 is 0. The van der Waals surface area contributed by atoms with Crippen molar-refractivity contribution in [3.8, 4) is 6.07 Å². The molecule has 0 aliphatic rings. The summed E-state index contributed by atoms with van der Waals surface area (Å²) in [5.41, 5.74) is 7.77. The minimum atomic E-state index is -0.101. The van der Waals surface area contributed by atoms with Crippen LogP contribution >= 0.6 is 0 Å². The zero-order valence-corrected chi connectivity index (χ0v) is 11.1. The third kappa shape index (κ3) is 3.01. The summed E-state index contributed by atoms with van der Waals surface area (Å²) in [6, 6.07) is 7.53. The predicted molar refractivity (Wildman–Crippen MR) is 72.0 cm³/mol. The van der Waals surface area contributed by atoms with Gasteiger partial charge in [0.2, 0.25) is 0 Å². The highest BCUT2D eigenvalue weighted by Gasteiger charge is 2.21. The van der Waals surface area contributed by atoms with Crippen LogP contribution in [0.4, 0.5) is 5.69 Å². The molecule has 0 bridgehead atoms. The lowest BCUT2D eigenvalue weighted by molar-refractivity contribution is 0.0710. The molecule has 1 amide bonds. The monoisotopic (exact) mass is 245 g/mol. The third-order valence-corrected chi connectivity index (χ3v) is 2.87. The zero-order valence-electron chi connectivity index (χ0n) is 11.1. The van der Waals surface area contributed by atoms with Gasteiger partial charge in [-0.2, -0.15) is 5.26 Å². The van der Waals surface area contributed by atoms with E-state index in [0.717, 1.165) is 5.56 Å². The van der Waals surface area contributed by atoms with Crippen molar-refractivity contribution in [2.75, 3.05) is 12.3 Å². The number of hydrogen-bond acceptors (Lipinski definition) is 3. The highest BCUT2D eigenvalue weighted by molar-refractivity contribution is 6.00. The molecule has 4 nitrogen and oxygen atoms in total. The van der Waals surface area contributed by atoms with Crippen molar-refractivity contribution in [3.05, 3.63) is 29.3 Å². The van der Waals surface area contributed by atoms with Gasteiger partial charge in [0, 0.05) is 18.3 Å². The number of nitriles is 1. The lowest BCUT2D eigenvalue weighted by Crippen LogP contribution is -2.38. The average Bonchev–Trinajstić information content (AvgIpc) is 2.28. The van der Waals surface area contributed by atoms with Crippen LogP contribution in [0, 0.1) is 18.3 Å². The minimum absolute atomic E-state index is 0.0462. The quantitative estimate of drug-likeness (QED) is 0.828. The van der Waals surface area contributed by atoms with Gasteiger partial charge in [-0.1, -0.05) is 12.1 Å². The van der Waals surface area contributed by atoms with Crippen molar-refractivity contribution in [2.45, 2.75) is 33.2 Å². The number of carbonyl (C=O) groups is 1. The topological polar surface area (TPSA) is 70.1 Å². The van der Waals surface area contributed by atoms with Gasteiger partial charge in [-0.15, -0.1) is 0 Å². The molecule has 0 saturated heterocycles. The van der Waals surface area contributed by atoms with E-state index in [-0.39, 0.29) is 11.9 Å². The van der Waals surface area contributed by atoms with Crippen LogP contribution < -0.4 is 5.73 Å². The number of amides is 1. The number of rotatable bonds is 4. The molecular weight excluding hydrogens is 226 g/mol. The smallest absolute Gasteiger partial charge is 0.256 e. The first-order valence-corrected chi connectivity index (χ1v) is 6.02. The lowest BCUT2D eigenvalue weighted by atomic mass is 10.0. The molecule has 0 radical (unpaired) electrons. The molecule has 0 atom stereocenters. The fourth-order valence-corrected chi connectivity index (χ4v) is 1.89. The largest absolute Gasteiger partial charge is 0.398 e. The Morgan fingerprint density at radius 1 is 1.50 bits per heavy atom. The summed E-state index contributed by atoms with van der Waals surface area (Å²) in [6.07, 6.45) is 0.329. The molecule has 0 aliphatic carbocycles. The fraction of sp³-hybridized carbons (Fsp3) is 0.429. The maximum absolute atomic E-state index is 12.5. The van der Waals surface area contributed by atoms with Gasteiger partial charge < -0.3 is 10.6 Å². The van der Waals surface area contributed by atoms with Crippen LogP contribution in [0.1, 0.15) is 36.2 Å². The second-order valence-electron chi connectivity index (χ2n) is 4.54. The van der Waals surface area contributed by atoms with Gasteiger partial charge in [0.1, 0.15) is 0 Å². The Hall–Kier alpha value is -2.02. The Morgan fingerprint density at radius 3 is 2.67 bits per heavy atom. The molecule has 0 aromatic heterocycles. The number of hydrogen-bond donors (Lipinski definition) is 1. The Balaban J connectivity index is 3.07. The van der Waals surface area contributed by atoms with Crippen molar-refractivity contribution in [1.82, 2.24) is 4.90 Å². The Bertz CT molecular complexity index is 454. The van der Waals surface area contributed by atoms with E-state index in [1.165, 1.54) is 0 Å².